The van der Waals surface area contributed by atoms with Crippen molar-refractivity contribution in [2.24, 2.45) is 0 Å². The number of carbonyl (C=O) groups excluding carboxylic acids is 1. The molecule has 0 bridgehead atoms. The number of hydrogen-bond acceptors (Lipinski definition) is 4. The molecule has 1 fully saturated rings. The van der Waals surface area contributed by atoms with Crippen molar-refractivity contribution in [2.75, 3.05) is 18.5 Å². The second-order valence-electron chi connectivity index (χ2n) is 4.42. The van der Waals surface area contributed by atoms with Crippen LogP contribution in [0.4, 0.5) is 18.3 Å². The summed E-state index contributed by atoms with van der Waals surface area (Å²) in [5.41, 5.74) is 0.754. The molecule has 0 amide bonds. The minimum absolute atomic E-state index is 0.139. The molecule has 0 atom stereocenters. The molecule has 2 rings (SSSR count). The number of thiazole rings is 1. The summed E-state index contributed by atoms with van der Waals surface area (Å²) in [6.07, 6.45) is -2.28. The second kappa shape index (κ2) is 4.87. The van der Waals surface area contributed by atoms with Crippen molar-refractivity contribution in [1.82, 2.24) is 4.98 Å². The molecule has 0 saturated heterocycles. The highest BCUT2D eigenvalue weighted by molar-refractivity contribution is 7.17. The van der Waals surface area contributed by atoms with Gasteiger partial charge in [0, 0.05) is 19.5 Å². The smallest absolute Gasteiger partial charge is 0.351 e. The molecule has 0 aliphatic heterocycles. The zero-order valence-corrected chi connectivity index (χ0v) is 10.6. The maximum atomic E-state index is 12.1. The average Bonchev–Trinajstić information content (AvgIpc) is 3.04. The van der Waals surface area contributed by atoms with E-state index in [0.29, 0.717) is 15.9 Å². The Morgan fingerprint density at radius 3 is 2.67 bits per heavy atom. The number of nitrogens with zero attached hydrogens (tertiary/aromatic N) is 2. The fourth-order valence-electron chi connectivity index (χ4n) is 1.62. The highest BCUT2D eigenvalue weighted by Gasteiger charge is 2.31. The van der Waals surface area contributed by atoms with Crippen molar-refractivity contribution >= 4 is 22.8 Å². The predicted octanol–water partition coefficient (Wildman–Crippen LogP) is 3.22. The molecule has 1 saturated carbocycles. The van der Waals surface area contributed by atoms with Gasteiger partial charge in [-0.05, 0) is 12.8 Å². The van der Waals surface area contributed by atoms with E-state index >= 15 is 0 Å². The minimum atomic E-state index is -4.17. The number of alkyl halides is 3. The second-order valence-corrected chi connectivity index (χ2v) is 5.43. The summed E-state index contributed by atoms with van der Waals surface area (Å²) >= 11 is 1.17. The topological polar surface area (TPSA) is 33.2 Å². The standard InChI is InChI=1S/C11H13F3N2OS/c1-16(5-4-11(12,13)14)10-15-9(7-2-3-7)8(6-17)18-10/h6-7H,2-5H2,1H3. The maximum absolute atomic E-state index is 12.1. The van der Waals surface area contributed by atoms with Gasteiger partial charge in [0.25, 0.3) is 0 Å². The molecular formula is C11H13F3N2OS. The number of carbonyl (C=O) groups is 1. The Kier molecular flexibility index (Phi) is 3.61. The highest BCUT2D eigenvalue weighted by atomic mass is 32.1. The molecule has 1 aliphatic rings. The first-order chi connectivity index (χ1) is 8.40. The van der Waals surface area contributed by atoms with E-state index in [1.54, 1.807) is 7.05 Å². The summed E-state index contributed by atoms with van der Waals surface area (Å²) in [7, 11) is 1.57. The lowest BCUT2D eigenvalue weighted by molar-refractivity contribution is -0.132. The van der Waals surface area contributed by atoms with Gasteiger partial charge >= 0.3 is 6.18 Å². The first-order valence-corrected chi connectivity index (χ1v) is 6.46. The van der Waals surface area contributed by atoms with Crippen molar-refractivity contribution in [1.29, 1.82) is 0 Å². The van der Waals surface area contributed by atoms with Gasteiger partial charge in [0.15, 0.2) is 11.4 Å². The Hall–Kier alpha value is -1.11. The Bertz CT molecular complexity index is 440. The third kappa shape index (κ3) is 3.22. The van der Waals surface area contributed by atoms with Crippen LogP contribution in [0.15, 0.2) is 0 Å². The summed E-state index contributed by atoms with van der Waals surface area (Å²) < 4.78 is 36.4. The largest absolute Gasteiger partial charge is 0.390 e. The summed E-state index contributed by atoms with van der Waals surface area (Å²) in [4.78, 5) is 17.2. The van der Waals surface area contributed by atoms with E-state index < -0.39 is 12.6 Å². The lowest BCUT2D eigenvalue weighted by Crippen LogP contribution is -2.23. The molecule has 1 aromatic heterocycles. The number of anilines is 1. The summed E-state index contributed by atoms with van der Waals surface area (Å²) in [5.74, 6) is 0.325. The molecule has 1 aliphatic carbocycles. The minimum Gasteiger partial charge on any atom is -0.351 e. The first kappa shape index (κ1) is 13.3. The fraction of sp³-hybridized carbons (Fsp3) is 0.636. The van der Waals surface area contributed by atoms with E-state index in [1.165, 1.54) is 16.2 Å². The summed E-state index contributed by atoms with van der Waals surface area (Å²) in [6, 6.07) is 0. The average molecular weight is 278 g/mol. The Morgan fingerprint density at radius 1 is 1.50 bits per heavy atom. The molecule has 3 nitrogen and oxygen atoms in total. The fourth-order valence-corrected chi connectivity index (χ4v) is 2.57. The molecule has 0 N–H and O–H groups in total. The highest BCUT2D eigenvalue weighted by Crippen LogP contribution is 2.43. The Labute approximate surface area is 107 Å². The molecule has 1 aromatic rings. The number of halogens is 3. The van der Waals surface area contributed by atoms with Crippen LogP contribution in [0.1, 0.15) is 40.5 Å². The van der Waals surface area contributed by atoms with Crippen LogP contribution in [-0.4, -0.2) is 31.0 Å². The molecule has 100 valence electrons. The van der Waals surface area contributed by atoms with Crippen LogP contribution >= 0.6 is 11.3 Å². The first-order valence-electron chi connectivity index (χ1n) is 5.64. The number of aromatic nitrogens is 1. The molecular weight excluding hydrogens is 265 g/mol. The van der Waals surface area contributed by atoms with Crippen molar-refractivity contribution in [3.05, 3.63) is 10.6 Å². The monoisotopic (exact) mass is 278 g/mol. The van der Waals surface area contributed by atoms with Gasteiger partial charge in [0.1, 0.15) is 0 Å². The number of hydrogen-bond donors (Lipinski definition) is 0. The van der Waals surface area contributed by atoms with Crippen molar-refractivity contribution < 1.29 is 18.0 Å². The Morgan fingerprint density at radius 2 is 2.17 bits per heavy atom. The van der Waals surface area contributed by atoms with E-state index in [0.717, 1.165) is 24.8 Å². The van der Waals surface area contributed by atoms with Crippen LogP contribution in [0.3, 0.4) is 0 Å². The van der Waals surface area contributed by atoms with E-state index in [-0.39, 0.29) is 6.54 Å². The van der Waals surface area contributed by atoms with Crippen LogP contribution in [0.25, 0.3) is 0 Å². The lowest BCUT2D eigenvalue weighted by Gasteiger charge is -2.16. The maximum Gasteiger partial charge on any atom is 0.390 e. The van der Waals surface area contributed by atoms with Gasteiger partial charge in [-0.15, -0.1) is 0 Å². The van der Waals surface area contributed by atoms with Crippen LogP contribution in [0.5, 0.6) is 0 Å². The number of rotatable bonds is 5. The molecule has 0 unspecified atom stereocenters. The zero-order valence-electron chi connectivity index (χ0n) is 9.83. The summed E-state index contributed by atoms with van der Waals surface area (Å²) in [5, 5.41) is 0.489. The van der Waals surface area contributed by atoms with Gasteiger partial charge in [-0.1, -0.05) is 11.3 Å². The van der Waals surface area contributed by atoms with E-state index in [4.69, 9.17) is 0 Å². The molecule has 0 aromatic carbocycles. The van der Waals surface area contributed by atoms with Crippen LogP contribution < -0.4 is 4.90 Å². The van der Waals surface area contributed by atoms with Gasteiger partial charge in [0.2, 0.25) is 0 Å². The van der Waals surface area contributed by atoms with Gasteiger partial charge in [0.05, 0.1) is 17.0 Å². The quantitative estimate of drug-likeness (QED) is 0.775. The van der Waals surface area contributed by atoms with E-state index in [1.807, 2.05) is 0 Å². The van der Waals surface area contributed by atoms with Crippen molar-refractivity contribution in [3.8, 4) is 0 Å². The molecule has 7 heteroatoms. The predicted molar refractivity (Wildman–Crippen MR) is 63.4 cm³/mol. The normalized spacial score (nSPS) is 15.8. The SMILES string of the molecule is CN(CCC(F)(F)F)c1nc(C2CC2)c(C=O)s1. The lowest BCUT2D eigenvalue weighted by atomic mass is 10.3. The van der Waals surface area contributed by atoms with E-state index in [2.05, 4.69) is 4.98 Å². The van der Waals surface area contributed by atoms with E-state index in [9.17, 15) is 18.0 Å². The van der Waals surface area contributed by atoms with Crippen LogP contribution in [0, 0.1) is 0 Å². The molecule has 1 heterocycles. The number of aldehydes is 1. The molecule has 0 spiro atoms. The van der Waals surface area contributed by atoms with Gasteiger partial charge in [-0.25, -0.2) is 4.98 Å². The zero-order chi connectivity index (χ0) is 13.3. The van der Waals surface area contributed by atoms with Crippen LogP contribution in [-0.2, 0) is 0 Å². The summed E-state index contributed by atoms with van der Waals surface area (Å²) in [6.45, 7) is -0.139. The van der Waals surface area contributed by atoms with Crippen molar-refractivity contribution in [2.45, 2.75) is 31.4 Å². The third-order valence-corrected chi connectivity index (χ3v) is 3.91. The van der Waals surface area contributed by atoms with Crippen molar-refractivity contribution in [3.63, 3.8) is 0 Å². The third-order valence-electron chi connectivity index (χ3n) is 2.80. The van der Waals surface area contributed by atoms with Gasteiger partial charge in [-0.2, -0.15) is 13.2 Å². The molecule has 18 heavy (non-hydrogen) atoms. The van der Waals surface area contributed by atoms with Crippen LogP contribution in [0.2, 0.25) is 0 Å². The van der Waals surface area contributed by atoms with Gasteiger partial charge in [-0.3, -0.25) is 4.79 Å². The molecule has 0 radical (unpaired) electrons. The van der Waals surface area contributed by atoms with Gasteiger partial charge < -0.3 is 4.90 Å². The Balaban J connectivity index is 2.05.